The van der Waals surface area contributed by atoms with Crippen LogP contribution < -0.4 is 10.6 Å². The van der Waals surface area contributed by atoms with Gasteiger partial charge >= 0.3 is 0 Å². The molecule has 0 bridgehead atoms. The number of hydrogen-bond donors (Lipinski definition) is 2. The van der Waals surface area contributed by atoms with Crippen LogP contribution in [-0.4, -0.2) is 38.8 Å². The molecule has 1 aliphatic heterocycles. The molecule has 1 aliphatic rings. The Morgan fingerprint density at radius 1 is 1.67 bits per heavy atom. The van der Waals surface area contributed by atoms with Crippen molar-refractivity contribution in [2.75, 3.05) is 26.7 Å². The number of piperidine rings is 1. The van der Waals surface area contributed by atoms with E-state index < -0.39 is 0 Å². The topological polar surface area (TPSA) is 50.4 Å². The average molecular weight is 237 g/mol. The first-order chi connectivity index (χ1) is 6.74. The largest absolute Gasteiger partial charge is 0.372 e. The van der Waals surface area contributed by atoms with Crippen LogP contribution in [0.3, 0.4) is 0 Å². The van der Waals surface area contributed by atoms with E-state index >= 15 is 0 Å². The van der Waals surface area contributed by atoms with E-state index in [1.807, 2.05) is 0 Å². The summed E-state index contributed by atoms with van der Waals surface area (Å²) in [6.45, 7) is 4.65. The Kier molecular flexibility index (Phi) is 7.74. The maximum Gasteiger partial charge on any atom is 0.248 e. The lowest BCUT2D eigenvalue weighted by Gasteiger charge is -2.23. The summed E-state index contributed by atoms with van der Waals surface area (Å²) in [6, 6.07) is 0. The highest BCUT2D eigenvalue weighted by atomic mass is 35.5. The summed E-state index contributed by atoms with van der Waals surface area (Å²) in [6.07, 6.45) is 2.07. The molecular weight excluding hydrogens is 216 g/mol. The van der Waals surface area contributed by atoms with Crippen LogP contribution in [0.15, 0.2) is 0 Å². The van der Waals surface area contributed by atoms with Crippen molar-refractivity contribution in [3.63, 3.8) is 0 Å². The van der Waals surface area contributed by atoms with Crippen molar-refractivity contribution in [2.24, 2.45) is 5.92 Å². The Morgan fingerprint density at radius 3 is 2.93 bits per heavy atom. The number of ether oxygens (including phenoxy) is 1. The van der Waals surface area contributed by atoms with Gasteiger partial charge in [-0.1, -0.05) is 0 Å². The van der Waals surface area contributed by atoms with Crippen molar-refractivity contribution >= 4 is 18.3 Å². The summed E-state index contributed by atoms with van der Waals surface area (Å²) >= 11 is 0. The first-order valence-electron chi connectivity index (χ1n) is 5.25. The number of hydrogen-bond acceptors (Lipinski definition) is 3. The van der Waals surface area contributed by atoms with Gasteiger partial charge in [-0.05, 0) is 38.8 Å². The van der Waals surface area contributed by atoms with Gasteiger partial charge in [0.1, 0.15) is 6.10 Å². The van der Waals surface area contributed by atoms with Crippen LogP contribution in [0.5, 0.6) is 0 Å². The molecule has 90 valence electrons. The third-order valence-electron chi connectivity index (χ3n) is 2.69. The quantitative estimate of drug-likeness (QED) is 0.750. The maximum absolute atomic E-state index is 11.4. The first-order valence-corrected chi connectivity index (χ1v) is 5.25. The van der Waals surface area contributed by atoms with Crippen LogP contribution in [0.2, 0.25) is 0 Å². The van der Waals surface area contributed by atoms with Crippen molar-refractivity contribution in [1.29, 1.82) is 0 Å². The van der Waals surface area contributed by atoms with Gasteiger partial charge in [-0.25, -0.2) is 0 Å². The molecular formula is C10H21ClN2O2. The Morgan fingerprint density at radius 2 is 2.40 bits per heavy atom. The number of carbonyl (C=O) groups is 1. The van der Waals surface area contributed by atoms with E-state index in [9.17, 15) is 4.79 Å². The van der Waals surface area contributed by atoms with Crippen LogP contribution in [-0.2, 0) is 9.53 Å². The predicted molar refractivity (Wildman–Crippen MR) is 62.3 cm³/mol. The Labute approximate surface area is 97.5 Å². The molecule has 2 N–H and O–H groups in total. The molecule has 0 aromatic rings. The van der Waals surface area contributed by atoms with Crippen molar-refractivity contribution < 1.29 is 9.53 Å². The standard InChI is InChI=1S/C10H20N2O2.ClH/c1-8(14-2)10(13)12-7-9-4-3-5-11-6-9;/h8-9,11H,3-7H2,1-2H3,(H,12,13);1H. The average Bonchev–Trinajstić information content (AvgIpc) is 2.26. The van der Waals surface area contributed by atoms with Crippen LogP contribution >= 0.6 is 12.4 Å². The van der Waals surface area contributed by atoms with E-state index in [1.54, 1.807) is 14.0 Å². The highest BCUT2D eigenvalue weighted by Gasteiger charge is 2.16. The molecule has 2 unspecified atom stereocenters. The molecule has 0 spiro atoms. The predicted octanol–water partition coefficient (Wildman–Crippen LogP) is 0.559. The minimum atomic E-state index is -0.341. The number of halogens is 1. The van der Waals surface area contributed by atoms with Crippen molar-refractivity contribution in [2.45, 2.75) is 25.9 Å². The van der Waals surface area contributed by atoms with Crippen molar-refractivity contribution in [3.05, 3.63) is 0 Å². The van der Waals surface area contributed by atoms with E-state index in [4.69, 9.17) is 4.74 Å². The SMILES string of the molecule is COC(C)C(=O)NCC1CCCNC1.Cl. The first kappa shape index (κ1) is 14.7. The Hall–Kier alpha value is -0.320. The molecule has 1 saturated heterocycles. The summed E-state index contributed by atoms with van der Waals surface area (Å²) < 4.78 is 4.92. The molecule has 2 atom stereocenters. The second-order valence-electron chi connectivity index (χ2n) is 3.84. The third kappa shape index (κ3) is 5.35. The zero-order chi connectivity index (χ0) is 10.4. The lowest BCUT2D eigenvalue weighted by Crippen LogP contribution is -2.41. The van der Waals surface area contributed by atoms with E-state index in [2.05, 4.69) is 10.6 Å². The van der Waals surface area contributed by atoms with Gasteiger partial charge in [-0.3, -0.25) is 4.79 Å². The normalized spacial score (nSPS) is 22.7. The van der Waals surface area contributed by atoms with Gasteiger partial charge in [0.25, 0.3) is 0 Å². The third-order valence-corrected chi connectivity index (χ3v) is 2.69. The van der Waals surface area contributed by atoms with E-state index in [1.165, 1.54) is 12.8 Å². The molecule has 1 fully saturated rings. The highest BCUT2D eigenvalue weighted by molar-refractivity contribution is 5.85. The summed E-state index contributed by atoms with van der Waals surface area (Å²) in [7, 11) is 1.55. The van der Waals surface area contributed by atoms with E-state index in [-0.39, 0.29) is 24.4 Å². The fraction of sp³-hybridized carbons (Fsp3) is 0.900. The van der Waals surface area contributed by atoms with Crippen LogP contribution in [0.1, 0.15) is 19.8 Å². The van der Waals surface area contributed by atoms with Gasteiger partial charge < -0.3 is 15.4 Å². The molecule has 0 aromatic heterocycles. The number of carbonyl (C=O) groups excluding carboxylic acids is 1. The zero-order valence-electron chi connectivity index (χ0n) is 9.41. The second kappa shape index (κ2) is 7.91. The summed E-state index contributed by atoms with van der Waals surface area (Å²) in [5.74, 6) is 0.565. The zero-order valence-corrected chi connectivity index (χ0v) is 10.2. The minimum absolute atomic E-state index is 0. The Bertz CT molecular complexity index is 184. The molecule has 1 heterocycles. The molecule has 0 radical (unpaired) electrons. The van der Waals surface area contributed by atoms with Crippen molar-refractivity contribution in [3.8, 4) is 0 Å². The number of rotatable bonds is 4. The monoisotopic (exact) mass is 236 g/mol. The van der Waals surface area contributed by atoms with Crippen LogP contribution in [0.25, 0.3) is 0 Å². The summed E-state index contributed by atoms with van der Waals surface area (Å²) in [5.41, 5.74) is 0. The molecule has 0 aliphatic carbocycles. The van der Waals surface area contributed by atoms with Gasteiger partial charge in [-0.15, -0.1) is 12.4 Å². The molecule has 15 heavy (non-hydrogen) atoms. The molecule has 4 nitrogen and oxygen atoms in total. The molecule has 0 saturated carbocycles. The van der Waals surface area contributed by atoms with Gasteiger partial charge in [0.2, 0.25) is 5.91 Å². The highest BCUT2D eigenvalue weighted by Crippen LogP contribution is 2.08. The number of methoxy groups -OCH3 is 1. The fourth-order valence-electron chi connectivity index (χ4n) is 1.59. The molecule has 0 aromatic carbocycles. The van der Waals surface area contributed by atoms with E-state index in [0.29, 0.717) is 5.92 Å². The van der Waals surface area contributed by atoms with Gasteiger partial charge in [0.15, 0.2) is 0 Å². The number of nitrogens with one attached hydrogen (secondary N) is 2. The second-order valence-corrected chi connectivity index (χ2v) is 3.84. The van der Waals surface area contributed by atoms with Gasteiger partial charge in [-0.2, -0.15) is 0 Å². The molecule has 1 amide bonds. The smallest absolute Gasteiger partial charge is 0.248 e. The minimum Gasteiger partial charge on any atom is -0.372 e. The van der Waals surface area contributed by atoms with Crippen LogP contribution in [0.4, 0.5) is 0 Å². The van der Waals surface area contributed by atoms with E-state index in [0.717, 1.165) is 19.6 Å². The molecule has 5 heteroatoms. The lowest BCUT2D eigenvalue weighted by molar-refractivity contribution is -0.130. The summed E-state index contributed by atoms with van der Waals surface area (Å²) in [5, 5.41) is 6.22. The van der Waals surface area contributed by atoms with Crippen LogP contribution in [0, 0.1) is 5.92 Å². The summed E-state index contributed by atoms with van der Waals surface area (Å²) in [4.78, 5) is 11.4. The van der Waals surface area contributed by atoms with Gasteiger partial charge in [0, 0.05) is 13.7 Å². The fourth-order valence-corrected chi connectivity index (χ4v) is 1.59. The molecule has 1 rings (SSSR count). The van der Waals surface area contributed by atoms with Gasteiger partial charge in [0.05, 0.1) is 0 Å². The lowest BCUT2D eigenvalue weighted by atomic mass is 10.00. The maximum atomic E-state index is 11.4. The van der Waals surface area contributed by atoms with Crippen molar-refractivity contribution in [1.82, 2.24) is 10.6 Å². The number of amides is 1. The Balaban J connectivity index is 0.00000196.